The molecule has 0 unspecified atom stereocenters. The van der Waals surface area contributed by atoms with E-state index in [2.05, 4.69) is 32.9 Å². The monoisotopic (exact) mass is 237 g/mol. The smallest absolute Gasteiger partial charge is 0.122 e. The third-order valence-electron chi connectivity index (χ3n) is 2.83. The Morgan fingerprint density at radius 2 is 2.00 bits per heavy atom. The molecule has 0 fully saturated rings. The lowest BCUT2D eigenvalue weighted by molar-refractivity contribution is 0.127. The largest absolute Gasteiger partial charge is 0.496 e. The average molecular weight is 237 g/mol. The fraction of sp³-hybridized carbons (Fsp3) is 0.571. The van der Waals surface area contributed by atoms with Crippen molar-refractivity contribution in [1.29, 1.82) is 0 Å². The summed E-state index contributed by atoms with van der Waals surface area (Å²) >= 11 is 0. The zero-order chi connectivity index (χ0) is 12.8. The molecule has 0 aliphatic carbocycles. The second-order valence-corrected chi connectivity index (χ2v) is 4.52. The van der Waals surface area contributed by atoms with Gasteiger partial charge >= 0.3 is 0 Å². The summed E-state index contributed by atoms with van der Waals surface area (Å²) in [7, 11) is 1.71. The van der Waals surface area contributed by atoms with Gasteiger partial charge in [0.25, 0.3) is 0 Å². The Morgan fingerprint density at radius 1 is 1.29 bits per heavy atom. The maximum Gasteiger partial charge on any atom is 0.122 e. The second-order valence-electron chi connectivity index (χ2n) is 4.52. The van der Waals surface area contributed by atoms with E-state index in [1.165, 1.54) is 16.7 Å². The fourth-order valence-corrected chi connectivity index (χ4v) is 1.79. The minimum atomic E-state index is 0.443. The summed E-state index contributed by atoms with van der Waals surface area (Å²) in [5.41, 5.74) is 9.04. The lowest BCUT2D eigenvalue weighted by atomic mass is 9.97. The van der Waals surface area contributed by atoms with Crippen LogP contribution in [0.2, 0.25) is 0 Å². The summed E-state index contributed by atoms with van der Waals surface area (Å²) in [4.78, 5) is 0. The quantitative estimate of drug-likeness (QED) is 0.773. The molecule has 0 bridgehead atoms. The van der Waals surface area contributed by atoms with Crippen LogP contribution < -0.4 is 10.5 Å². The molecule has 0 atom stereocenters. The first-order valence-corrected chi connectivity index (χ1v) is 6.05. The molecular weight excluding hydrogens is 214 g/mol. The van der Waals surface area contributed by atoms with Crippen molar-refractivity contribution in [3.8, 4) is 5.75 Å². The number of hydrogen-bond acceptors (Lipinski definition) is 3. The number of methoxy groups -OCH3 is 1. The highest BCUT2D eigenvalue weighted by Crippen LogP contribution is 2.29. The van der Waals surface area contributed by atoms with Gasteiger partial charge in [0.1, 0.15) is 5.75 Å². The molecule has 0 amide bonds. The van der Waals surface area contributed by atoms with Gasteiger partial charge in [0, 0.05) is 6.54 Å². The van der Waals surface area contributed by atoms with Crippen LogP contribution in [0.3, 0.4) is 0 Å². The van der Waals surface area contributed by atoms with Gasteiger partial charge < -0.3 is 15.2 Å². The van der Waals surface area contributed by atoms with Crippen LogP contribution in [-0.4, -0.2) is 20.3 Å². The van der Waals surface area contributed by atoms with Crippen molar-refractivity contribution in [2.24, 2.45) is 5.73 Å². The van der Waals surface area contributed by atoms with E-state index >= 15 is 0 Å². The Labute approximate surface area is 104 Å². The third kappa shape index (κ3) is 3.72. The lowest BCUT2D eigenvalue weighted by Gasteiger charge is -2.16. The van der Waals surface area contributed by atoms with Crippen molar-refractivity contribution < 1.29 is 9.47 Å². The summed E-state index contributed by atoms with van der Waals surface area (Å²) in [6.07, 6.45) is 0. The van der Waals surface area contributed by atoms with Crippen molar-refractivity contribution in [2.45, 2.75) is 33.3 Å². The zero-order valence-corrected chi connectivity index (χ0v) is 11.2. The molecule has 0 aromatic heterocycles. The van der Waals surface area contributed by atoms with E-state index in [9.17, 15) is 0 Å². The molecule has 3 heteroatoms. The van der Waals surface area contributed by atoms with Crippen LogP contribution in [-0.2, 0) is 11.3 Å². The number of ether oxygens (including phenoxy) is 2. The first kappa shape index (κ1) is 14.0. The minimum Gasteiger partial charge on any atom is -0.496 e. The molecular formula is C14H23NO2. The van der Waals surface area contributed by atoms with E-state index in [4.69, 9.17) is 15.2 Å². The summed E-state index contributed by atoms with van der Waals surface area (Å²) in [6, 6.07) is 4.26. The van der Waals surface area contributed by atoms with E-state index in [-0.39, 0.29) is 0 Å². The normalized spacial score (nSPS) is 10.9. The highest BCUT2D eigenvalue weighted by Gasteiger charge is 2.11. The molecule has 96 valence electrons. The third-order valence-corrected chi connectivity index (χ3v) is 2.83. The lowest BCUT2D eigenvalue weighted by Crippen LogP contribution is -2.09. The Morgan fingerprint density at radius 3 is 2.53 bits per heavy atom. The summed E-state index contributed by atoms with van der Waals surface area (Å²) < 4.78 is 10.9. The average Bonchev–Trinajstić information content (AvgIpc) is 2.30. The van der Waals surface area contributed by atoms with Crippen molar-refractivity contribution in [1.82, 2.24) is 0 Å². The van der Waals surface area contributed by atoms with Crippen LogP contribution in [0.5, 0.6) is 5.75 Å². The fourth-order valence-electron chi connectivity index (χ4n) is 1.79. The van der Waals surface area contributed by atoms with Crippen LogP contribution in [0, 0.1) is 6.92 Å². The van der Waals surface area contributed by atoms with E-state index in [0.29, 0.717) is 25.7 Å². The van der Waals surface area contributed by atoms with Crippen LogP contribution in [0.4, 0.5) is 0 Å². The van der Waals surface area contributed by atoms with Gasteiger partial charge in [-0.05, 0) is 41.7 Å². The van der Waals surface area contributed by atoms with E-state index < -0.39 is 0 Å². The Balaban J connectivity index is 2.94. The maximum atomic E-state index is 5.49. The molecule has 0 saturated heterocycles. The molecule has 17 heavy (non-hydrogen) atoms. The minimum absolute atomic E-state index is 0.443. The summed E-state index contributed by atoms with van der Waals surface area (Å²) in [5.74, 6) is 1.40. The first-order valence-electron chi connectivity index (χ1n) is 6.05. The van der Waals surface area contributed by atoms with Crippen molar-refractivity contribution in [3.63, 3.8) is 0 Å². The van der Waals surface area contributed by atoms with E-state index in [1.807, 2.05) is 0 Å². The van der Waals surface area contributed by atoms with Crippen molar-refractivity contribution in [2.75, 3.05) is 20.3 Å². The van der Waals surface area contributed by atoms with Gasteiger partial charge in [-0.15, -0.1) is 0 Å². The van der Waals surface area contributed by atoms with Crippen LogP contribution in [0.25, 0.3) is 0 Å². The van der Waals surface area contributed by atoms with E-state index in [1.54, 1.807) is 7.11 Å². The molecule has 0 heterocycles. The molecule has 2 N–H and O–H groups in total. The van der Waals surface area contributed by atoms with E-state index in [0.717, 1.165) is 5.75 Å². The molecule has 0 radical (unpaired) electrons. The number of benzene rings is 1. The van der Waals surface area contributed by atoms with Crippen LogP contribution in [0.15, 0.2) is 12.1 Å². The molecule has 1 rings (SSSR count). The zero-order valence-electron chi connectivity index (χ0n) is 11.2. The first-order chi connectivity index (χ1) is 8.10. The van der Waals surface area contributed by atoms with Gasteiger partial charge in [0.2, 0.25) is 0 Å². The Bertz CT molecular complexity index is 361. The van der Waals surface area contributed by atoms with Gasteiger partial charge in [-0.2, -0.15) is 0 Å². The number of hydrogen-bond donors (Lipinski definition) is 1. The molecule has 1 aromatic carbocycles. The summed E-state index contributed by atoms with van der Waals surface area (Å²) in [5, 5.41) is 0. The molecule has 0 spiro atoms. The number of rotatable bonds is 6. The summed E-state index contributed by atoms with van der Waals surface area (Å²) in [6.45, 7) is 8.19. The highest BCUT2D eigenvalue weighted by atomic mass is 16.5. The molecule has 0 aliphatic rings. The molecule has 1 aromatic rings. The predicted octanol–water partition coefficient (Wildman–Crippen LogP) is 2.60. The van der Waals surface area contributed by atoms with Crippen LogP contribution >= 0.6 is 0 Å². The van der Waals surface area contributed by atoms with Gasteiger partial charge in [-0.3, -0.25) is 0 Å². The predicted molar refractivity (Wildman–Crippen MR) is 70.5 cm³/mol. The number of aryl methyl sites for hydroxylation is 1. The van der Waals surface area contributed by atoms with Gasteiger partial charge in [-0.25, -0.2) is 0 Å². The topological polar surface area (TPSA) is 44.5 Å². The molecule has 3 nitrogen and oxygen atoms in total. The number of nitrogens with two attached hydrogens (primary N) is 1. The Hall–Kier alpha value is -1.06. The molecule has 0 aliphatic heterocycles. The highest BCUT2D eigenvalue weighted by molar-refractivity contribution is 5.43. The Kier molecular flexibility index (Phi) is 5.45. The SMILES string of the molecule is COc1cc(C)c(COCCN)cc1C(C)C. The van der Waals surface area contributed by atoms with Gasteiger partial charge in [-0.1, -0.05) is 13.8 Å². The van der Waals surface area contributed by atoms with Crippen molar-refractivity contribution in [3.05, 3.63) is 28.8 Å². The second kappa shape index (κ2) is 6.62. The molecule has 0 saturated carbocycles. The standard InChI is InChI=1S/C14H23NO2/c1-10(2)13-8-12(9-17-6-5-15)11(3)7-14(13)16-4/h7-8,10H,5-6,9,15H2,1-4H3. The van der Waals surface area contributed by atoms with Gasteiger partial charge in [0.15, 0.2) is 0 Å². The van der Waals surface area contributed by atoms with Crippen LogP contribution in [0.1, 0.15) is 36.5 Å². The van der Waals surface area contributed by atoms with Crippen molar-refractivity contribution >= 4 is 0 Å². The maximum absolute atomic E-state index is 5.49. The van der Waals surface area contributed by atoms with Gasteiger partial charge in [0.05, 0.1) is 20.3 Å².